The van der Waals surface area contributed by atoms with Crippen molar-refractivity contribution in [3.63, 3.8) is 0 Å². The van der Waals surface area contributed by atoms with Crippen LogP contribution in [0.5, 0.6) is 0 Å². The van der Waals surface area contributed by atoms with Crippen molar-refractivity contribution in [3.8, 4) is 0 Å². The van der Waals surface area contributed by atoms with Gasteiger partial charge in [0.25, 0.3) is 5.91 Å². The molecular formula is C17H20N4O. The van der Waals surface area contributed by atoms with Crippen LogP contribution in [0.15, 0.2) is 36.4 Å². The van der Waals surface area contributed by atoms with E-state index in [0.29, 0.717) is 18.3 Å². The van der Waals surface area contributed by atoms with E-state index in [1.807, 2.05) is 30.3 Å². The van der Waals surface area contributed by atoms with E-state index in [-0.39, 0.29) is 5.91 Å². The van der Waals surface area contributed by atoms with E-state index in [1.54, 1.807) is 6.07 Å². The summed E-state index contributed by atoms with van der Waals surface area (Å²) < 4.78 is 0. The predicted octanol–water partition coefficient (Wildman–Crippen LogP) is 0.964. The van der Waals surface area contributed by atoms with Gasteiger partial charge in [0, 0.05) is 50.7 Å². The Balaban J connectivity index is 1.43. The highest BCUT2D eigenvalue weighted by Gasteiger charge is 2.31. The second kappa shape index (κ2) is 5.66. The summed E-state index contributed by atoms with van der Waals surface area (Å²) in [6.45, 7) is 6.33. The molecular weight excluding hydrogens is 276 g/mol. The number of nitrogens with zero attached hydrogens (tertiary/aromatic N) is 3. The van der Waals surface area contributed by atoms with Crippen LogP contribution in [0, 0.1) is 0 Å². The molecule has 1 atom stereocenters. The molecule has 1 amide bonds. The van der Waals surface area contributed by atoms with Crippen molar-refractivity contribution in [2.45, 2.75) is 6.04 Å². The standard InChI is InChI=1S/C17H20N4O/c22-17(16-6-5-13-3-1-2-4-15(13)19-16)18-11-14-12-20-7-9-21(14)10-8-20/h1-6,14H,7-12H2,(H,18,22). The molecule has 5 rings (SSSR count). The molecule has 1 unspecified atom stereocenters. The second-order valence-electron chi connectivity index (χ2n) is 6.09. The van der Waals surface area contributed by atoms with Gasteiger partial charge in [0.05, 0.1) is 5.52 Å². The lowest BCUT2D eigenvalue weighted by Crippen LogP contribution is -2.63. The molecule has 0 radical (unpaired) electrons. The van der Waals surface area contributed by atoms with E-state index in [2.05, 4.69) is 20.1 Å². The third-order valence-electron chi connectivity index (χ3n) is 4.72. The molecule has 0 aliphatic carbocycles. The predicted molar refractivity (Wildman–Crippen MR) is 85.9 cm³/mol. The summed E-state index contributed by atoms with van der Waals surface area (Å²) in [7, 11) is 0. The number of rotatable bonds is 3. The number of amides is 1. The summed E-state index contributed by atoms with van der Waals surface area (Å²) in [4.78, 5) is 21.7. The molecule has 22 heavy (non-hydrogen) atoms. The van der Waals surface area contributed by atoms with E-state index in [9.17, 15) is 4.79 Å². The lowest BCUT2D eigenvalue weighted by atomic mass is 10.1. The molecule has 1 N–H and O–H groups in total. The van der Waals surface area contributed by atoms with Gasteiger partial charge < -0.3 is 5.32 Å². The highest BCUT2D eigenvalue weighted by atomic mass is 16.1. The van der Waals surface area contributed by atoms with Gasteiger partial charge >= 0.3 is 0 Å². The maximum absolute atomic E-state index is 12.3. The van der Waals surface area contributed by atoms with Crippen LogP contribution in [-0.4, -0.2) is 66.0 Å². The smallest absolute Gasteiger partial charge is 0.269 e. The van der Waals surface area contributed by atoms with Gasteiger partial charge in [0.15, 0.2) is 0 Å². The molecule has 0 saturated carbocycles. The van der Waals surface area contributed by atoms with Crippen LogP contribution in [-0.2, 0) is 0 Å². The number of fused-ring (bicyclic) bond motifs is 4. The molecule has 5 heteroatoms. The lowest BCUT2D eigenvalue weighted by molar-refractivity contribution is 0.0138. The zero-order valence-corrected chi connectivity index (χ0v) is 12.5. The molecule has 1 aromatic carbocycles. The van der Waals surface area contributed by atoms with Gasteiger partial charge in [0.1, 0.15) is 5.69 Å². The van der Waals surface area contributed by atoms with Gasteiger partial charge in [-0.15, -0.1) is 0 Å². The summed E-state index contributed by atoms with van der Waals surface area (Å²) in [5, 5.41) is 4.11. The molecule has 2 aromatic rings. The van der Waals surface area contributed by atoms with Crippen molar-refractivity contribution in [1.82, 2.24) is 20.1 Å². The summed E-state index contributed by atoms with van der Waals surface area (Å²) >= 11 is 0. The first-order valence-corrected chi connectivity index (χ1v) is 7.90. The third kappa shape index (κ3) is 2.58. The number of aromatic nitrogens is 1. The van der Waals surface area contributed by atoms with Crippen molar-refractivity contribution in [2.24, 2.45) is 0 Å². The first kappa shape index (κ1) is 13.7. The van der Waals surface area contributed by atoms with E-state index in [4.69, 9.17) is 0 Å². The SMILES string of the molecule is O=C(NCC1CN2CCN1CC2)c1ccc2ccccc2n1. The monoisotopic (exact) mass is 296 g/mol. The van der Waals surface area contributed by atoms with Crippen molar-refractivity contribution in [3.05, 3.63) is 42.1 Å². The molecule has 3 aliphatic heterocycles. The minimum absolute atomic E-state index is 0.0802. The average molecular weight is 296 g/mol. The van der Waals surface area contributed by atoms with Crippen LogP contribution in [0.1, 0.15) is 10.5 Å². The van der Waals surface area contributed by atoms with E-state index in [1.165, 1.54) is 0 Å². The van der Waals surface area contributed by atoms with Crippen molar-refractivity contribution in [1.29, 1.82) is 0 Å². The van der Waals surface area contributed by atoms with Gasteiger partial charge in [-0.05, 0) is 12.1 Å². The maximum Gasteiger partial charge on any atom is 0.269 e. The van der Waals surface area contributed by atoms with Crippen LogP contribution in [0.4, 0.5) is 0 Å². The number of benzene rings is 1. The Morgan fingerprint density at radius 3 is 2.73 bits per heavy atom. The van der Waals surface area contributed by atoms with Crippen molar-refractivity contribution >= 4 is 16.8 Å². The Morgan fingerprint density at radius 2 is 1.95 bits per heavy atom. The molecule has 5 nitrogen and oxygen atoms in total. The van der Waals surface area contributed by atoms with Crippen LogP contribution in [0.3, 0.4) is 0 Å². The molecule has 114 valence electrons. The first-order chi connectivity index (χ1) is 10.8. The normalized spacial score (nSPS) is 27.0. The molecule has 4 heterocycles. The minimum atomic E-state index is -0.0802. The largest absolute Gasteiger partial charge is 0.349 e. The Hall–Kier alpha value is -1.98. The number of nitrogens with one attached hydrogen (secondary N) is 1. The Kier molecular flexibility index (Phi) is 3.52. The van der Waals surface area contributed by atoms with E-state index >= 15 is 0 Å². The topological polar surface area (TPSA) is 48.5 Å². The van der Waals surface area contributed by atoms with Gasteiger partial charge in [-0.1, -0.05) is 24.3 Å². The fourth-order valence-corrected chi connectivity index (χ4v) is 3.41. The van der Waals surface area contributed by atoms with E-state index in [0.717, 1.165) is 43.6 Å². The fourth-order valence-electron chi connectivity index (χ4n) is 3.41. The average Bonchev–Trinajstić information content (AvgIpc) is 2.60. The van der Waals surface area contributed by atoms with Crippen molar-refractivity contribution < 1.29 is 4.79 Å². The lowest BCUT2D eigenvalue weighted by Gasteiger charge is -2.47. The highest BCUT2D eigenvalue weighted by Crippen LogP contribution is 2.15. The molecule has 3 aliphatic rings. The van der Waals surface area contributed by atoms with Crippen LogP contribution >= 0.6 is 0 Å². The summed E-state index contributed by atoms with van der Waals surface area (Å²) in [6, 6.07) is 12.1. The quantitative estimate of drug-likeness (QED) is 0.917. The van der Waals surface area contributed by atoms with Gasteiger partial charge in [-0.25, -0.2) is 4.98 Å². The van der Waals surface area contributed by atoms with Crippen molar-refractivity contribution in [2.75, 3.05) is 39.3 Å². The maximum atomic E-state index is 12.3. The number of carbonyl (C=O) groups is 1. The second-order valence-corrected chi connectivity index (χ2v) is 6.09. The number of para-hydroxylation sites is 1. The van der Waals surface area contributed by atoms with E-state index < -0.39 is 0 Å². The van der Waals surface area contributed by atoms with Crippen LogP contribution in [0.2, 0.25) is 0 Å². The molecule has 1 aromatic heterocycles. The zero-order chi connectivity index (χ0) is 14.9. The summed E-state index contributed by atoms with van der Waals surface area (Å²) in [6.07, 6.45) is 0. The molecule has 2 bridgehead atoms. The Labute approximate surface area is 129 Å². The van der Waals surface area contributed by atoms with Crippen LogP contribution in [0.25, 0.3) is 10.9 Å². The fraction of sp³-hybridized carbons (Fsp3) is 0.412. The number of pyridine rings is 1. The minimum Gasteiger partial charge on any atom is -0.349 e. The zero-order valence-electron chi connectivity index (χ0n) is 12.5. The molecule has 0 spiro atoms. The van der Waals surface area contributed by atoms with Crippen LogP contribution < -0.4 is 5.32 Å². The van der Waals surface area contributed by atoms with Gasteiger partial charge in [0.2, 0.25) is 0 Å². The number of hydrogen-bond acceptors (Lipinski definition) is 4. The van der Waals surface area contributed by atoms with Gasteiger partial charge in [-0.3, -0.25) is 14.6 Å². The first-order valence-electron chi connectivity index (χ1n) is 7.90. The summed E-state index contributed by atoms with van der Waals surface area (Å²) in [5.74, 6) is -0.0802. The number of piperazine rings is 3. The Bertz CT molecular complexity index is 694. The molecule has 3 saturated heterocycles. The summed E-state index contributed by atoms with van der Waals surface area (Å²) in [5.41, 5.74) is 1.36. The number of hydrogen-bond donors (Lipinski definition) is 1. The molecule has 3 fully saturated rings. The highest BCUT2D eigenvalue weighted by molar-refractivity contribution is 5.94. The number of carbonyl (C=O) groups excluding carboxylic acids is 1. The Morgan fingerprint density at radius 1 is 1.14 bits per heavy atom. The van der Waals surface area contributed by atoms with Gasteiger partial charge in [-0.2, -0.15) is 0 Å². The third-order valence-corrected chi connectivity index (χ3v) is 4.72.